The molecule has 1 aromatic rings. The van der Waals surface area contributed by atoms with Crippen LogP contribution in [-0.4, -0.2) is 30.9 Å². The first-order valence-electron chi connectivity index (χ1n) is 7.26. The fourth-order valence-corrected chi connectivity index (χ4v) is 3.82. The molecule has 2 rings (SSSR count). The van der Waals surface area contributed by atoms with E-state index in [0.717, 1.165) is 31.5 Å². The summed E-state index contributed by atoms with van der Waals surface area (Å²) < 4.78 is 0. The summed E-state index contributed by atoms with van der Waals surface area (Å²) in [6, 6.07) is 5.40. The summed E-state index contributed by atoms with van der Waals surface area (Å²) in [5.74, 6) is 0.104. The largest absolute Gasteiger partial charge is 0.347 e. The first kappa shape index (κ1) is 16.6. The number of halogens is 2. The molecular formula is C16H22Cl2N2O. The Hall–Kier alpha value is -0.770. The average Bonchev–Trinajstić information content (AvgIpc) is 2.37. The number of benzene rings is 1. The van der Waals surface area contributed by atoms with Crippen molar-refractivity contribution in [2.24, 2.45) is 5.92 Å². The number of hydrogen-bond acceptors (Lipinski definition) is 2. The van der Waals surface area contributed by atoms with Gasteiger partial charge in [0.15, 0.2) is 0 Å². The zero-order chi connectivity index (χ0) is 15.6. The molecule has 0 unspecified atom stereocenters. The third kappa shape index (κ3) is 3.91. The van der Waals surface area contributed by atoms with Crippen molar-refractivity contribution in [1.82, 2.24) is 10.2 Å². The normalized spacial score (nSPS) is 20.3. The van der Waals surface area contributed by atoms with E-state index in [-0.39, 0.29) is 11.8 Å². The number of nitrogens with one attached hydrogen (secondary N) is 1. The molecule has 1 N–H and O–H groups in total. The first-order valence-corrected chi connectivity index (χ1v) is 8.02. The first-order chi connectivity index (χ1) is 9.81. The van der Waals surface area contributed by atoms with E-state index >= 15 is 0 Å². The average molecular weight is 329 g/mol. The molecule has 1 saturated heterocycles. The van der Waals surface area contributed by atoms with E-state index in [4.69, 9.17) is 23.2 Å². The molecule has 0 spiro atoms. The Morgan fingerprint density at radius 2 is 1.95 bits per heavy atom. The summed E-state index contributed by atoms with van der Waals surface area (Å²) in [7, 11) is 2.05. The monoisotopic (exact) mass is 328 g/mol. The van der Waals surface area contributed by atoms with Crippen LogP contribution in [0.4, 0.5) is 0 Å². The Kier molecular flexibility index (Phi) is 5.18. The Labute approximate surface area is 136 Å². The van der Waals surface area contributed by atoms with Gasteiger partial charge in [-0.25, -0.2) is 0 Å². The minimum Gasteiger partial charge on any atom is -0.347 e. The van der Waals surface area contributed by atoms with Gasteiger partial charge in [-0.2, -0.15) is 0 Å². The molecule has 1 heterocycles. The molecule has 0 aromatic heterocycles. The third-order valence-electron chi connectivity index (χ3n) is 4.02. The van der Waals surface area contributed by atoms with Gasteiger partial charge in [0.05, 0.1) is 11.5 Å². The van der Waals surface area contributed by atoms with Gasteiger partial charge in [-0.05, 0) is 52.4 Å². The molecule has 21 heavy (non-hydrogen) atoms. The molecule has 0 bridgehead atoms. The molecule has 116 valence electrons. The molecule has 5 heteroatoms. The quantitative estimate of drug-likeness (QED) is 0.917. The molecule has 1 fully saturated rings. The second-order valence-corrected chi connectivity index (χ2v) is 7.13. The number of carbonyl (C=O) groups excluding carboxylic acids is 1. The van der Waals surface area contributed by atoms with E-state index in [1.54, 1.807) is 12.1 Å². The zero-order valence-corrected chi connectivity index (χ0v) is 14.3. The van der Waals surface area contributed by atoms with Gasteiger partial charge in [0.25, 0.3) is 0 Å². The molecule has 1 aromatic carbocycles. The molecular weight excluding hydrogens is 307 g/mol. The highest BCUT2D eigenvalue weighted by molar-refractivity contribution is 6.36. The van der Waals surface area contributed by atoms with Crippen LogP contribution in [0.25, 0.3) is 0 Å². The lowest BCUT2D eigenvalue weighted by atomic mass is 9.91. The van der Waals surface area contributed by atoms with Crippen LogP contribution >= 0.6 is 23.2 Å². The van der Waals surface area contributed by atoms with Crippen molar-refractivity contribution in [3.05, 3.63) is 33.8 Å². The van der Waals surface area contributed by atoms with Gasteiger partial charge < -0.3 is 10.2 Å². The Morgan fingerprint density at radius 1 is 1.33 bits per heavy atom. The minimum atomic E-state index is -0.595. The maximum atomic E-state index is 12.5. The summed E-state index contributed by atoms with van der Waals surface area (Å²) in [6.07, 6.45) is 1.99. The van der Waals surface area contributed by atoms with Gasteiger partial charge in [0.1, 0.15) is 0 Å². The van der Waals surface area contributed by atoms with E-state index in [1.165, 1.54) is 0 Å². The lowest BCUT2D eigenvalue weighted by Gasteiger charge is -2.34. The van der Waals surface area contributed by atoms with Crippen LogP contribution in [0.5, 0.6) is 0 Å². The molecule has 1 aliphatic heterocycles. The van der Waals surface area contributed by atoms with Crippen LogP contribution in [0.1, 0.15) is 32.3 Å². The lowest BCUT2D eigenvalue weighted by Crippen LogP contribution is -2.48. The van der Waals surface area contributed by atoms with Crippen molar-refractivity contribution in [2.75, 3.05) is 20.1 Å². The predicted octanol–water partition coefficient (Wildman–Crippen LogP) is 3.69. The SMILES string of the molecule is CN1CCC[C@H](C(=O)NC(C)(C)c2c(Cl)cccc2Cl)C1. The molecule has 0 saturated carbocycles. The smallest absolute Gasteiger partial charge is 0.225 e. The number of hydrogen-bond donors (Lipinski definition) is 1. The number of rotatable bonds is 3. The molecule has 3 nitrogen and oxygen atoms in total. The topological polar surface area (TPSA) is 32.3 Å². The predicted molar refractivity (Wildman–Crippen MR) is 87.9 cm³/mol. The number of nitrogens with zero attached hydrogens (tertiary/aromatic N) is 1. The number of likely N-dealkylation sites (tertiary alicyclic amines) is 1. The third-order valence-corrected chi connectivity index (χ3v) is 4.65. The molecule has 0 aliphatic carbocycles. The van der Waals surface area contributed by atoms with Crippen molar-refractivity contribution in [3.63, 3.8) is 0 Å². The molecule has 1 aliphatic rings. The van der Waals surface area contributed by atoms with Gasteiger partial charge in [0.2, 0.25) is 5.91 Å². The fourth-order valence-electron chi connectivity index (χ4n) is 2.95. The molecule has 1 atom stereocenters. The van der Waals surface area contributed by atoms with E-state index in [9.17, 15) is 4.79 Å². The summed E-state index contributed by atoms with van der Waals surface area (Å²) in [6.45, 7) is 5.73. The van der Waals surface area contributed by atoms with Crippen LogP contribution in [0, 0.1) is 5.92 Å². The fraction of sp³-hybridized carbons (Fsp3) is 0.562. The van der Waals surface area contributed by atoms with Crippen molar-refractivity contribution in [1.29, 1.82) is 0 Å². The highest BCUT2D eigenvalue weighted by atomic mass is 35.5. The molecule has 0 radical (unpaired) electrons. The second kappa shape index (κ2) is 6.55. The maximum absolute atomic E-state index is 12.5. The van der Waals surface area contributed by atoms with E-state index in [1.807, 2.05) is 19.9 Å². The highest BCUT2D eigenvalue weighted by Crippen LogP contribution is 2.34. The van der Waals surface area contributed by atoms with Gasteiger partial charge in [-0.3, -0.25) is 4.79 Å². The summed E-state index contributed by atoms with van der Waals surface area (Å²) in [5.41, 5.74) is 0.175. The highest BCUT2D eigenvalue weighted by Gasteiger charge is 2.32. The van der Waals surface area contributed by atoms with Crippen LogP contribution in [0.2, 0.25) is 10.0 Å². The summed E-state index contributed by atoms with van der Waals surface area (Å²) in [5, 5.41) is 4.26. The Balaban J connectivity index is 2.15. The number of carbonyl (C=O) groups is 1. The summed E-state index contributed by atoms with van der Waals surface area (Å²) in [4.78, 5) is 14.7. The van der Waals surface area contributed by atoms with Gasteiger partial charge in [-0.1, -0.05) is 29.3 Å². The zero-order valence-electron chi connectivity index (χ0n) is 12.7. The maximum Gasteiger partial charge on any atom is 0.225 e. The van der Waals surface area contributed by atoms with Crippen molar-refractivity contribution in [2.45, 2.75) is 32.2 Å². The van der Waals surface area contributed by atoms with Crippen LogP contribution < -0.4 is 5.32 Å². The second-order valence-electron chi connectivity index (χ2n) is 6.31. The van der Waals surface area contributed by atoms with E-state index in [2.05, 4.69) is 17.3 Å². The van der Waals surface area contributed by atoms with Crippen LogP contribution in [0.3, 0.4) is 0 Å². The van der Waals surface area contributed by atoms with Crippen LogP contribution in [-0.2, 0) is 10.3 Å². The van der Waals surface area contributed by atoms with Crippen molar-refractivity contribution in [3.8, 4) is 0 Å². The molecule has 1 amide bonds. The number of piperidine rings is 1. The van der Waals surface area contributed by atoms with Gasteiger partial charge in [0, 0.05) is 22.2 Å². The van der Waals surface area contributed by atoms with E-state index < -0.39 is 5.54 Å². The standard InChI is InChI=1S/C16H22Cl2N2O/c1-16(2,14-12(17)7-4-8-13(14)18)19-15(21)11-6-5-9-20(3)10-11/h4,7-8,11H,5-6,9-10H2,1-3H3,(H,19,21)/t11-/m0/s1. The van der Waals surface area contributed by atoms with Crippen molar-refractivity contribution < 1.29 is 4.79 Å². The lowest BCUT2D eigenvalue weighted by molar-refractivity contribution is -0.128. The van der Waals surface area contributed by atoms with E-state index in [0.29, 0.717) is 10.0 Å². The van der Waals surface area contributed by atoms with Gasteiger partial charge >= 0.3 is 0 Å². The van der Waals surface area contributed by atoms with Crippen molar-refractivity contribution >= 4 is 29.1 Å². The summed E-state index contributed by atoms with van der Waals surface area (Å²) >= 11 is 12.5. The Bertz CT molecular complexity index is 511. The minimum absolute atomic E-state index is 0.0317. The Morgan fingerprint density at radius 3 is 2.52 bits per heavy atom. The van der Waals surface area contributed by atoms with Gasteiger partial charge in [-0.15, -0.1) is 0 Å². The van der Waals surface area contributed by atoms with Crippen LogP contribution in [0.15, 0.2) is 18.2 Å². The number of amides is 1.